The van der Waals surface area contributed by atoms with Gasteiger partial charge in [-0.3, -0.25) is 9.59 Å². The summed E-state index contributed by atoms with van der Waals surface area (Å²) in [6.45, 7) is 1.69. The molecule has 0 aliphatic carbocycles. The van der Waals surface area contributed by atoms with Crippen LogP contribution in [0.15, 0.2) is 0 Å². The molecule has 0 spiro atoms. The lowest BCUT2D eigenvalue weighted by atomic mass is 10.3. The van der Waals surface area contributed by atoms with Crippen molar-refractivity contribution in [1.82, 2.24) is 4.90 Å². The fraction of sp³-hybridized carbons (Fsp3) is 0.750. The van der Waals surface area contributed by atoms with E-state index in [0.717, 1.165) is 25.9 Å². The molecule has 12 heavy (non-hydrogen) atoms. The molecule has 1 heterocycles. The van der Waals surface area contributed by atoms with E-state index >= 15 is 0 Å². The van der Waals surface area contributed by atoms with Gasteiger partial charge in [-0.25, -0.2) is 0 Å². The van der Waals surface area contributed by atoms with Crippen molar-refractivity contribution in [3.05, 3.63) is 0 Å². The molecule has 0 aromatic heterocycles. The fourth-order valence-corrected chi connectivity index (χ4v) is 1.35. The Morgan fingerprint density at radius 1 is 1.17 bits per heavy atom. The maximum atomic E-state index is 11.3. The first kappa shape index (κ1) is 9.03. The quantitative estimate of drug-likeness (QED) is 0.641. The van der Waals surface area contributed by atoms with E-state index < -0.39 is 5.91 Å². The summed E-state index contributed by atoms with van der Waals surface area (Å²) in [4.78, 5) is 23.4. The Balaban J connectivity index is 2.23. The van der Waals surface area contributed by atoms with Crippen molar-refractivity contribution in [1.29, 1.82) is 0 Å². The molecule has 1 saturated heterocycles. The number of likely N-dealkylation sites (tertiary alicyclic amines) is 1. The van der Waals surface area contributed by atoms with E-state index in [1.165, 1.54) is 0 Å². The first-order valence-corrected chi connectivity index (χ1v) is 4.26. The Morgan fingerprint density at radius 2 is 1.75 bits per heavy atom. The number of carbonyl (C=O) groups excluding carboxylic acids is 2. The Labute approximate surface area is 71.7 Å². The Hall–Kier alpha value is -1.06. The maximum Gasteiger partial charge on any atom is 0.223 e. The Morgan fingerprint density at radius 3 is 2.25 bits per heavy atom. The van der Waals surface area contributed by atoms with Gasteiger partial charge >= 0.3 is 0 Å². The topological polar surface area (TPSA) is 63.4 Å². The van der Waals surface area contributed by atoms with Crippen LogP contribution in [-0.2, 0) is 9.59 Å². The second-order valence-electron chi connectivity index (χ2n) is 3.05. The summed E-state index contributed by atoms with van der Waals surface area (Å²) in [6, 6.07) is 0. The molecule has 1 aliphatic rings. The fourth-order valence-electron chi connectivity index (χ4n) is 1.35. The molecule has 4 nitrogen and oxygen atoms in total. The van der Waals surface area contributed by atoms with E-state index in [1.54, 1.807) is 4.90 Å². The first-order chi connectivity index (χ1) is 5.70. The second-order valence-corrected chi connectivity index (χ2v) is 3.05. The molecular formula is C8H14N2O2. The summed E-state index contributed by atoms with van der Waals surface area (Å²) < 4.78 is 0. The van der Waals surface area contributed by atoms with Crippen LogP contribution in [0.25, 0.3) is 0 Å². The molecule has 1 aliphatic heterocycles. The van der Waals surface area contributed by atoms with Crippen LogP contribution < -0.4 is 5.73 Å². The van der Waals surface area contributed by atoms with Gasteiger partial charge in [-0.15, -0.1) is 0 Å². The normalized spacial score (nSPS) is 16.5. The molecule has 0 bridgehead atoms. The molecule has 0 atom stereocenters. The van der Waals surface area contributed by atoms with E-state index in [0.29, 0.717) is 0 Å². The Kier molecular flexibility index (Phi) is 3.08. The average molecular weight is 170 g/mol. The van der Waals surface area contributed by atoms with Crippen LogP contribution in [0, 0.1) is 0 Å². The monoisotopic (exact) mass is 170 g/mol. The predicted octanol–water partition coefficient (Wildman–Crippen LogP) is -0.126. The zero-order chi connectivity index (χ0) is 8.97. The van der Waals surface area contributed by atoms with Gasteiger partial charge in [-0.2, -0.15) is 0 Å². The zero-order valence-electron chi connectivity index (χ0n) is 7.08. The maximum absolute atomic E-state index is 11.3. The van der Waals surface area contributed by atoms with E-state index in [-0.39, 0.29) is 18.7 Å². The number of rotatable bonds is 3. The van der Waals surface area contributed by atoms with Gasteiger partial charge in [0.15, 0.2) is 0 Å². The number of amides is 2. The van der Waals surface area contributed by atoms with Gasteiger partial charge in [0.2, 0.25) is 11.8 Å². The summed E-state index contributed by atoms with van der Waals surface area (Å²) in [7, 11) is 0. The van der Waals surface area contributed by atoms with E-state index in [2.05, 4.69) is 0 Å². The number of primary amides is 1. The number of nitrogens with zero attached hydrogens (tertiary/aromatic N) is 1. The highest BCUT2D eigenvalue weighted by Gasteiger charge is 2.17. The minimum Gasteiger partial charge on any atom is -0.370 e. The van der Waals surface area contributed by atoms with Gasteiger partial charge in [0, 0.05) is 25.9 Å². The van der Waals surface area contributed by atoms with Gasteiger partial charge < -0.3 is 10.6 Å². The van der Waals surface area contributed by atoms with E-state index in [1.807, 2.05) is 0 Å². The molecule has 1 fully saturated rings. The van der Waals surface area contributed by atoms with Gasteiger partial charge in [-0.05, 0) is 12.8 Å². The molecule has 0 aromatic carbocycles. The average Bonchev–Trinajstić information content (AvgIpc) is 2.51. The smallest absolute Gasteiger partial charge is 0.223 e. The van der Waals surface area contributed by atoms with Crippen molar-refractivity contribution in [2.24, 2.45) is 5.73 Å². The van der Waals surface area contributed by atoms with Crippen molar-refractivity contribution in [3.63, 3.8) is 0 Å². The molecule has 2 N–H and O–H groups in total. The lowest BCUT2D eigenvalue weighted by Gasteiger charge is -2.13. The van der Waals surface area contributed by atoms with Crippen LogP contribution in [0.1, 0.15) is 25.7 Å². The molecule has 4 heteroatoms. The largest absolute Gasteiger partial charge is 0.370 e. The standard InChI is InChI=1S/C8H14N2O2/c9-7(11)3-4-8(12)10-5-1-2-6-10/h1-6H2,(H2,9,11). The van der Waals surface area contributed by atoms with Crippen LogP contribution in [0.3, 0.4) is 0 Å². The highest BCUT2D eigenvalue weighted by atomic mass is 16.2. The number of hydrogen-bond acceptors (Lipinski definition) is 2. The van der Waals surface area contributed by atoms with Crippen molar-refractivity contribution in [2.45, 2.75) is 25.7 Å². The van der Waals surface area contributed by atoms with Gasteiger partial charge in [0.25, 0.3) is 0 Å². The molecule has 0 aromatic rings. The third kappa shape index (κ3) is 2.53. The minimum atomic E-state index is -0.400. The van der Waals surface area contributed by atoms with Crippen molar-refractivity contribution in [3.8, 4) is 0 Å². The summed E-state index contributed by atoms with van der Waals surface area (Å²) in [6.07, 6.45) is 2.62. The molecule has 0 saturated carbocycles. The van der Waals surface area contributed by atoms with Crippen LogP contribution in [-0.4, -0.2) is 29.8 Å². The predicted molar refractivity (Wildman–Crippen MR) is 44.2 cm³/mol. The van der Waals surface area contributed by atoms with Crippen molar-refractivity contribution < 1.29 is 9.59 Å². The zero-order valence-corrected chi connectivity index (χ0v) is 7.08. The summed E-state index contributed by atoms with van der Waals surface area (Å²) in [5.74, 6) is -0.339. The van der Waals surface area contributed by atoms with Gasteiger partial charge in [0.1, 0.15) is 0 Å². The van der Waals surface area contributed by atoms with E-state index in [9.17, 15) is 9.59 Å². The van der Waals surface area contributed by atoms with Crippen LogP contribution in [0.4, 0.5) is 0 Å². The second kappa shape index (κ2) is 4.09. The number of hydrogen-bond donors (Lipinski definition) is 1. The summed E-state index contributed by atoms with van der Waals surface area (Å²) >= 11 is 0. The van der Waals surface area contributed by atoms with Crippen LogP contribution in [0.2, 0.25) is 0 Å². The molecule has 0 unspecified atom stereocenters. The molecule has 68 valence electrons. The molecular weight excluding hydrogens is 156 g/mol. The third-order valence-electron chi connectivity index (χ3n) is 2.04. The SMILES string of the molecule is NC(=O)CCC(=O)N1CCCC1. The van der Waals surface area contributed by atoms with Crippen molar-refractivity contribution in [2.75, 3.05) is 13.1 Å². The van der Waals surface area contributed by atoms with Crippen LogP contribution in [0.5, 0.6) is 0 Å². The van der Waals surface area contributed by atoms with Gasteiger partial charge in [-0.1, -0.05) is 0 Å². The first-order valence-electron chi connectivity index (χ1n) is 4.26. The highest BCUT2D eigenvalue weighted by Crippen LogP contribution is 2.09. The molecule has 2 amide bonds. The number of carbonyl (C=O) groups is 2. The van der Waals surface area contributed by atoms with Crippen LogP contribution >= 0.6 is 0 Å². The Bertz CT molecular complexity index is 185. The third-order valence-corrected chi connectivity index (χ3v) is 2.04. The summed E-state index contributed by atoms with van der Waals surface area (Å²) in [5, 5.41) is 0. The highest BCUT2D eigenvalue weighted by molar-refractivity contribution is 5.82. The lowest BCUT2D eigenvalue weighted by molar-refractivity contribution is -0.132. The molecule has 1 rings (SSSR count). The minimum absolute atomic E-state index is 0.0614. The van der Waals surface area contributed by atoms with Crippen molar-refractivity contribution >= 4 is 11.8 Å². The van der Waals surface area contributed by atoms with Gasteiger partial charge in [0.05, 0.1) is 0 Å². The summed E-state index contributed by atoms with van der Waals surface area (Å²) in [5.41, 5.74) is 4.93. The van der Waals surface area contributed by atoms with E-state index in [4.69, 9.17) is 5.73 Å². The molecule has 0 radical (unpaired) electrons. The lowest BCUT2D eigenvalue weighted by Crippen LogP contribution is -2.28. The number of nitrogens with two attached hydrogens (primary N) is 1.